The van der Waals surface area contributed by atoms with E-state index in [0.717, 1.165) is 37.0 Å². The summed E-state index contributed by atoms with van der Waals surface area (Å²) < 4.78 is 16.3. The van der Waals surface area contributed by atoms with Crippen molar-refractivity contribution in [3.05, 3.63) is 52.8 Å². The predicted molar refractivity (Wildman–Crippen MR) is 133 cm³/mol. The lowest BCUT2D eigenvalue weighted by Crippen LogP contribution is -2.60. The molecule has 186 valence electrons. The van der Waals surface area contributed by atoms with Crippen LogP contribution in [-0.2, 0) is 4.79 Å². The molecule has 3 heterocycles. The maximum atomic E-state index is 14.6. The van der Waals surface area contributed by atoms with E-state index >= 15 is 0 Å². The van der Waals surface area contributed by atoms with E-state index < -0.39 is 0 Å². The fourth-order valence-electron chi connectivity index (χ4n) is 5.18. The van der Waals surface area contributed by atoms with Crippen LogP contribution in [0.4, 0.5) is 10.1 Å². The molecule has 2 unspecified atom stereocenters. The van der Waals surface area contributed by atoms with Gasteiger partial charge in [-0.3, -0.25) is 4.79 Å². The van der Waals surface area contributed by atoms with Crippen LogP contribution in [0.3, 0.4) is 0 Å². The predicted octanol–water partition coefficient (Wildman–Crippen LogP) is 2.98. The van der Waals surface area contributed by atoms with E-state index in [-0.39, 0.29) is 36.5 Å². The largest absolute Gasteiger partial charge is 0.394 e. The number of piperidine rings is 1. The van der Waals surface area contributed by atoms with Crippen molar-refractivity contribution >= 4 is 34.2 Å². The minimum absolute atomic E-state index is 0.0833. The third-order valence-corrected chi connectivity index (χ3v) is 7.42. The van der Waals surface area contributed by atoms with Gasteiger partial charge in [-0.15, -0.1) is 5.10 Å². The SMILES string of the molecule is CC(c1ccc(Cl)cc1F)n1nnc2ccc(N3CCN(C(=O)[C@H]4CCCCN4)C(CO)C3)cc21. The molecule has 2 saturated heterocycles. The van der Waals surface area contributed by atoms with Crippen LogP contribution in [0, 0.1) is 5.82 Å². The van der Waals surface area contributed by atoms with Crippen molar-refractivity contribution in [1.29, 1.82) is 0 Å². The number of rotatable bonds is 5. The van der Waals surface area contributed by atoms with Gasteiger partial charge in [0.2, 0.25) is 5.91 Å². The van der Waals surface area contributed by atoms with Gasteiger partial charge in [-0.05, 0) is 56.6 Å². The molecule has 3 atom stereocenters. The average molecular weight is 501 g/mol. The Hall–Kier alpha value is -2.75. The van der Waals surface area contributed by atoms with E-state index in [1.54, 1.807) is 16.8 Å². The van der Waals surface area contributed by atoms with Gasteiger partial charge in [0.1, 0.15) is 11.3 Å². The van der Waals surface area contributed by atoms with Crippen LogP contribution >= 0.6 is 11.6 Å². The number of hydrogen-bond acceptors (Lipinski definition) is 6. The molecular formula is C25H30ClFN6O2. The number of carbonyl (C=O) groups is 1. The van der Waals surface area contributed by atoms with E-state index in [1.807, 2.05) is 30.0 Å². The number of amides is 1. The van der Waals surface area contributed by atoms with Gasteiger partial charge in [-0.2, -0.15) is 0 Å². The Morgan fingerprint density at radius 3 is 2.86 bits per heavy atom. The second-order valence-electron chi connectivity index (χ2n) is 9.37. The van der Waals surface area contributed by atoms with Crippen molar-refractivity contribution in [3.63, 3.8) is 0 Å². The summed E-state index contributed by atoms with van der Waals surface area (Å²) in [6.07, 6.45) is 2.99. The van der Waals surface area contributed by atoms with Gasteiger partial charge in [0.05, 0.1) is 30.2 Å². The quantitative estimate of drug-likeness (QED) is 0.560. The molecule has 10 heteroatoms. The van der Waals surface area contributed by atoms with Crippen LogP contribution in [-0.4, -0.2) is 75.8 Å². The number of aliphatic hydroxyl groups excluding tert-OH is 1. The molecule has 2 fully saturated rings. The minimum atomic E-state index is -0.385. The van der Waals surface area contributed by atoms with Crippen molar-refractivity contribution in [2.75, 3.05) is 37.7 Å². The van der Waals surface area contributed by atoms with Crippen LogP contribution in [0.1, 0.15) is 37.8 Å². The molecule has 0 spiro atoms. The van der Waals surface area contributed by atoms with Crippen molar-refractivity contribution in [1.82, 2.24) is 25.2 Å². The molecule has 8 nitrogen and oxygen atoms in total. The molecule has 5 rings (SSSR count). The summed E-state index contributed by atoms with van der Waals surface area (Å²) in [6.45, 7) is 4.37. The Bertz CT molecular complexity index is 1210. The van der Waals surface area contributed by atoms with Crippen LogP contribution in [0.25, 0.3) is 11.0 Å². The number of nitrogens with one attached hydrogen (secondary N) is 1. The summed E-state index contributed by atoms with van der Waals surface area (Å²) in [5.41, 5.74) is 2.93. The van der Waals surface area contributed by atoms with E-state index in [2.05, 4.69) is 20.5 Å². The zero-order valence-electron chi connectivity index (χ0n) is 19.7. The Morgan fingerprint density at radius 1 is 1.26 bits per heavy atom. The zero-order chi connectivity index (χ0) is 24.5. The highest BCUT2D eigenvalue weighted by atomic mass is 35.5. The summed E-state index contributed by atoms with van der Waals surface area (Å²) in [5, 5.41) is 22.3. The Balaban J connectivity index is 1.37. The molecule has 0 bridgehead atoms. The highest BCUT2D eigenvalue weighted by Crippen LogP contribution is 2.29. The van der Waals surface area contributed by atoms with Gasteiger partial charge >= 0.3 is 0 Å². The summed E-state index contributed by atoms with van der Waals surface area (Å²) >= 11 is 5.92. The molecule has 1 amide bonds. The number of piperazine rings is 1. The number of anilines is 1. The number of benzene rings is 2. The highest BCUT2D eigenvalue weighted by Gasteiger charge is 2.34. The Morgan fingerprint density at radius 2 is 2.11 bits per heavy atom. The van der Waals surface area contributed by atoms with E-state index in [9.17, 15) is 14.3 Å². The Labute approximate surface area is 208 Å². The number of fused-ring (bicyclic) bond motifs is 1. The molecule has 2 N–H and O–H groups in total. The highest BCUT2D eigenvalue weighted by molar-refractivity contribution is 6.30. The molecule has 35 heavy (non-hydrogen) atoms. The summed E-state index contributed by atoms with van der Waals surface area (Å²) in [5.74, 6) is -0.302. The van der Waals surface area contributed by atoms with Gasteiger partial charge in [0.15, 0.2) is 0 Å². The number of aromatic nitrogens is 3. The number of hydrogen-bond donors (Lipinski definition) is 2. The molecular weight excluding hydrogens is 471 g/mol. The fourth-order valence-corrected chi connectivity index (χ4v) is 5.34. The third kappa shape index (κ3) is 4.72. The number of aliphatic hydroxyl groups is 1. The standard InChI is InChI=1S/C25H30ClFN6O2/c1-16(20-7-5-17(26)12-21(20)27)33-24-13-18(6-8-22(24)29-30-33)31-10-11-32(19(14-31)15-34)25(35)23-4-2-3-9-28-23/h5-8,12-13,16,19,23,28,34H,2-4,9-11,14-15H2,1H3/t16?,19?,23-/m1/s1. The van der Waals surface area contributed by atoms with Gasteiger partial charge < -0.3 is 20.2 Å². The minimum Gasteiger partial charge on any atom is -0.394 e. The topological polar surface area (TPSA) is 86.5 Å². The van der Waals surface area contributed by atoms with Gasteiger partial charge in [0.25, 0.3) is 0 Å². The number of nitrogens with zero attached hydrogens (tertiary/aromatic N) is 5. The second kappa shape index (κ2) is 10.1. The summed E-state index contributed by atoms with van der Waals surface area (Å²) in [4.78, 5) is 17.1. The van der Waals surface area contributed by atoms with Crippen LogP contribution in [0.2, 0.25) is 5.02 Å². The molecule has 1 aromatic heterocycles. The Kier molecular flexibility index (Phi) is 6.91. The number of carbonyl (C=O) groups excluding carboxylic acids is 1. The average Bonchev–Trinajstić information content (AvgIpc) is 3.31. The lowest BCUT2D eigenvalue weighted by molar-refractivity contribution is -0.137. The van der Waals surface area contributed by atoms with Crippen LogP contribution < -0.4 is 10.2 Å². The van der Waals surface area contributed by atoms with Crippen LogP contribution in [0.15, 0.2) is 36.4 Å². The first kappa shape index (κ1) is 24.0. The second-order valence-corrected chi connectivity index (χ2v) is 9.80. The molecule has 0 saturated carbocycles. The summed E-state index contributed by atoms with van der Waals surface area (Å²) in [6, 6.07) is 9.69. The molecule has 2 aromatic carbocycles. The van der Waals surface area contributed by atoms with Crippen molar-refractivity contribution in [3.8, 4) is 0 Å². The van der Waals surface area contributed by atoms with Crippen molar-refractivity contribution < 1.29 is 14.3 Å². The van der Waals surface area contributed by atoms with Gasteiger partial charge in [-0.1, -0.05) is 29.3 Å². The number of halogens is 2. The maximum Gasteiger partial charge on any atom is 0.240 e. The van der Waals surface area contributed by atoms with Crippen molar-refractivity contribution in [2.45, 2.75) is 44.3 Å². The maximum absolute atomic E-state index is 14.6. The molecule has 3 aromatic rings. The molecule has 0 radical (unpaired) electrons. The van der Waals surface area contributed by atoms with E-state index in [4.69, 9.17) is 11.6 Å². The molecule has 2 aliphatic heterocycles. The first-order valence-corrected chi connectivity index (χ1v) is 12.5. The van der Waals surface area contributed by atoms with Crippen LogP contribution in [0.5, 0.6) is 0 Å². The fraction of sp³-hybridized carbons (Fsp3) is 0.480. The lowest BCUT2D eigenvalue weighted by Gasteiger charge is -2.43. The monoisotopic (exact) mass is 500 g/mol. The van der Waals surface area contributed by atoms with Crippen molar-refractivity contribution in [2.24, 2.45) is 0 Å². The van der Waals surface area contributed by atoms with Gasteiger partial charge in [-0.25, -0.2) is 9.07 Å². The lowest BCUT2D eigenvalue weighted by atomic mass is 10.0. The molecule has 0 aliphatic carbocycles. The third-order valence-electron chi connectivity index (χ3n) is 7.18. The summed E-state index contributed by atoms with van der Waals surface area (Å²) in [7, 11) is 0. The normalized spacial score (nSPS) is 21.9. The zero-order valence-corrected chi connectivity index (χ0v) is 20.5. The smallest absolute Gasteiger partial charge is 0.240 e. The van der Waals surface area contributed by atoms with E-state index in [1.165, 1.54) is 6.07 Å². The molecule has 2 aliphatic rings. The first-order valence-electron chi connectivity index (χ1n) is 12.2. The van der Waals surface area contributed by atoms with Gasteiger partial charge in [0, 0.05) is 35.9 Å². The first-order chi connectivity index (χ1) is 17.0. The van der Waals surface area contributed by atoms with E-state index in [0.29, 0.717) is 35.7 Å².